The number of carbonyl (C=O) groups is 2. The van der Waals surface area contributed by atoms with E-state index in [9.17, 15) is 112 Å². The molecule has 40 heteroatoms. The van der Waals surface area contributed by atoms with E-state index in [-0.39, 0.29) is 17.7 Å². The number of nitrogens with zero attached hydrogens (tertiary/aromatic N) is 1. The predicted octanol–water partition coefficient (Wildman–Crippen LogP) is -12.8. The van der Waals surface area contributed by atoms with Gasteiger partial charge >= 0.3 is 5.97 Å². The summed E-state index contributed by atoms with van der Waals surface area (Å²) in [7, 11) is 0. The molecule has 1 amide bonds. The third-order valence-corrected chi connectivity index (χ3v) is 18.8. The predicted molar refractivity (Wildman–Crippen MR) is 311 cm³/mol. The lowest BCUT2D eigenvalue weighted by Gasteiger charge is -2.50. The van der Waals surface area contributed by atoms with Crippen molar-refractivity contribution >= 4 is 17.6 Å². The average Bonchev–Trinajstić information content (AvgIpc) is 1.33. The molecule has 0 saturated carbocycles. The van der Waals surface area contributed by atoms with E-state index in [1.54, 1.807) is 24.3 Å². The highest BCUT2D eigenvalue weighted by Crippen LogP contribution is 2.40. The van der Waals surface area contributed by atoms with Crippen LogP contribution in [-0.2, 0) is 90.9 Å². The topological polar surface area (TPSA) is 611 Å². The highest BCUT2D eigenvalue weighted by atomic mass is 16.8. The molecule has 1 aromatic carbocycles. The second kappa shape index (κ2) is 32.7. The maximum atomic E-state index is 14.4. The minimum absolute atomic E-state index is 0.00354. The third-order valence-electron chi connectivity index (χ3n) is 18.8. The van der Waals surface area contributed by atoms with Gasteiger partial charge in [-0.05, 0) is 17.9 Å². The SMILES string of the molecule is CCOC(=O)[C@H]1C(c2ccc(C(C)(C)C)cc2)=NO[C@@H]1C(=O)NC[C@H]1O[C@@H]2O[C@H]3[C@@H](O)[C@@H](O)[C@@H](O[C@H]4[C@H](O)[C@@H](O)[C@@H](O[C@H]5[C@H](O)[C@@H](O)[C@@H](O[C@H]6[C@H](O)[C@@H](O)[C@@H](O[C@H]7[C@H](O)[C@@H](O)[C@@H](O[C@H]8[C@H](O)[C@@H](O)[C@@H](O[C@H]1[C@H](O)[C@H]2O)O[C@@H]8CO)O[C@@H]7CO)O[C@@H]6CO)O[C@@H]5CO)O[C@@H]4CO)O[C@@H]3CO. The fraction of sp³-hybridized carbons (Fsp3) is 0.847. The number of nitrogens with one attached hydrogen (secondary N) is 1. The quantitative estimate of drug-likeness (QED) is 0.0864. The van der Waals surface area contributed by atoms with Crippen LogP contribution in [0.2, 0.25) is 0 Å². The van der Waals surface area contributed by atoms with Gasteiger partial charge in [-0.2, -0.15) is 0 Å². The van der Waals surface area contributed by atoms with Crippen molar-refractivity contribution < 1.29 is 188 Å². The van der Waals surface area contributed by atoms with Crippen molar-refractivity contribution in [1.29, 1.82) is 0 Å². The van der Waals surface area contributed by atoms with Crippen LogP contribution >= 0.6 is 0 Å². The fourth-order valence-electron chi connectivity index (χ4n) is 13.1. The maximum Gasteiger partial charge on any atom is 0.319 e. The summed E-state index contributed by atoms with van der Waals surface area (Å²) in [6.07, 6.45) is -74.9. The summed E-state index contributed by atoms with van der Waals surface area (Å²) in [4.78, 5) is 33.7. The number of ether oxygens (including phenoxy) is 15. The number of amides is 1. The molecule has 14 bridgehead atoms. The smallest absolute Gasteiger partial charge is 0.319 e. The Morgan fingerprint density at radius 1 is 0.394 bits per heavy atom. The molecular weight excluding hydrogens is 1340 g/mol. The Morgan fingerprint density at radius 2 is 0.646 bits per heavy atom. The first-order valence-electron chi connectivity index (χ1n) is 32.2. The first-order valence-corrected chi connectivity index (χ1v) is 32.2. The second-order valence-corrected chi connectivity index (χ2v) is 26.3. The molecule has 22 aliphatic heterocycles. The highest BCUT2D eigenvalue weighted by Gasteiger charge is 2.60. The van der Waals surface area contributed by atoms with E-state index in [2.05, 4.69) is 10.5 Å². The van der Waals surface area contributed by atoms with Crippen molar-refractivity contribution in [2.24, 2.45) is 11.1 Å². The van der Waals surface area contributed by atoms with E-state index < -0.39 is 285 Å². The standard InChI is InChI=1S/C59H90N2O38/c1-5-84-51(83)26-27(17-6-8-18(9-7-17)59(2,3)4)61-99-49(26)50(82)60-10-19-42-28(68)35(75)52(85-19)93-43-20(11-62)87-54(37(77)30(43)70)95-45-22(13-64)89-56(39(79)32(45)72)97-47-24(15-66)91-58(41(81)34(47)74)98-48-25(16-67)90-57(40(80)33(48)73)96-46-23(14-65)88-55(38(78)31(46)71)94-44-21(12-63)86-53(92-42)36(76)29(44)69/h6-9,19-26,28-49,52-58,62-81H,5,10-16H2,1-4H3,(H,60,82)/t19-,20-,21-,22-,23-,24-,25-,26+,28-,29-,30+,31-,32-,33-,34-,35-,36-,37-,38-,39-,40-,41-,42-,43-,44-,45-,46-,47-,48-,49+,52-,53-,54-,55-,56-,57-,58-/m1/s1. The molecule has 37 atom stereocenters. The molecular formula is C59H90N2O38. The summed E-state index contributed by atoms with van der Waals surface area (Å²) >= 11 is 0. The molecule has 40 nitrogen and oxygen atoms in total. The zero-order valence-corrected chi connectivity index (χ0v) is 53.6. The van der Waals surface area contributed by atoms with Gasteiger partial charge in [0, 0.05) is 12.1 Å². The number of benzene rings is 1. The highest BCUT2D eigenvalue weighted by molar-refractivity contribution is 6.15. The molecule has 0 aromatic heterocycles. The Hall–Kier alpha value is -3.73. The van der Waals surface area contributed by atoms with Gasteiger partial charge in [-0.25, -0.2) is 0 Å². The van der Waals surface area contributed by atoms with Gasteiger partial charge in [0.2, 0.25) is 6.10 Å². The number of carbonyl (C=O) groups excluding carboxylic acids is 2. The largest absolute Gasteiger partial charge is 0.465 e. The molecule has 564 valence electrons. The maximum absolute atomic E-state index is 14.4. The van der Waals surface area contributed by atoms with Gasteiger partial charge in [0.25, 0.3) is 5.91 Å². The van der Waals surface area contributed by atoms with E-state index in [1.807, 2.05) is 20.8 Å². The normalized spacial score (nSPS) is 47.9. The number of hydrogen-bond acceptors (Lipinski definition) is 39. The van der Waals surface area contributed by atoms with Crippen molar-refractivity contribution in [3.05, 3.63) is 35.4 Å². The van der Waals surface area contributed by atoms with Crippen LogP contribution < -0.4 is 5.32 Å². The number of oxime groups is 1. The number of aliphatic hydroxyl groups is 20. The zero-order chi connectivity index (χ0) is 72.0. The Labute approximate surface area is 562 Å². The number of hydrogen-bond donors (Lipinski definition) is 21. The molecule has 21 N–H and O–H groups in total. The Kier molecular flexibility index (Phi) is 25.8. The minimum Gasteiger partial charge on any atom is -0.465 e. The Morgan fingerprint density at radius 3 is 0.889 bits per heavy atom. The Balaban J connectivity index is 0.950. The lowest BCUT2D eigenvalue weighted by atomic mass is 9.85. The van der Waals surface area contributed by atoms with Gasteiger partial charge in [0.05, 0.1) is 46.2 Å². The average molecular weight is 1440 g/mol. The summed E-state index contributed by atoms with van der Waals surface area (Å²) in [6, 6.07) is 6.92. The van der Waals surface area contributed by atoms with Crippen molar-refractivity contribution in [3.63, 3.8) is 0 Å². The molecule has 22 heterocycles. The molecule has 0 radical (unpaired) electrons. The van der Waals surface area contributed by atoms with Gasteiger partial charge in [-0.1, -0.05) is 50.2 Å². The number of rotatable bonds is 12. The molecule has 21 fully saturated rings. The van der Waals surface area contributed by atoms with Crippen LogP contribution in [0.15, 0.2) is 29.4 Å². The number of esters is 1. The fourth-order valence-corrected chi connectivity index (χ4v) is 13.1. The number of aliphatic hydroxyl groups excluding tert-OH is 20. The van der Waals surface area contributed by atoms with E-state index in [1.165, 1.54) is 6.92 Å². The molecule has 0 spiro atoms. The van der Waals surface area contributed by atoms with E-state index >= 15 is 0 Å². The second-order valence-electron chi connectivity index (χ2n) is 26.3. The van der Waals surface area contributed by atoms with Crippen molar-refractivity contribution in [2.45, 2.75) is 254 Å². The first kappa shape index (κ1) is 77.9. The first-order chi connectivity index (χ1) is 47.0. The molecule has 22 aliphatic rings. The lowest BCUT2D eigenvalue weighted by molar-refractivity contribution is -0.396. The van der Waals surface area contributed by atoms with Crippen LogP contribution in [0.4, 0.5) is 0 Å². The van der Waals surface area contributed by atoms with Gasteiger partial charge in [0.1, 0.15) is 177 Å². The van der Waals surface area contributed by atoms with Gasteiger partial charge in [-0.15, -0.1) is 0 Å². The van der Waals surface area contributed by atoms with Crippen molar-refractivity contribution in [3.8, 4) is 0 Å². The molecule has 21 saturated heterocycles. The van der Waals surface area contributed by atoms with E-state index in [0.717, 1.165) is 5.56 Å². The summed E-state index contributed by atoms with van der Waals surface area (Å²) in [6.45, 7) is -0.120. The Bertz CT molecular complexity index is 2800. The third kappa shape index (κ3) is 15.8. The van der Waals surface area contributed by atoms with Crippen LogP contribution in [0.25, 0.3) is 0 Å². The van der Waals surface area contributed by atoms with Gasteiger partial charge < -0.3 is 183 Å². The zero-order valence-electron chi connectivity index (χ0n) is 53.6. The lowest BCUT2D eigenvalue weighted by Crippen LogP contribution is -2.68. The van der Waals surface area contributed by atoms with Gasteiger partial charge in [-0.3, -0.25) is 9.59 Å². The van der Waals surface area contributed by atoms with Crippen LogP contribution in [0.3, 0.4) is 0 Å². The summed E-state index contributed by atoms with van der Waals surface area (Å²) in [5.41, 5.74) is 1.02. The van der Waals surface area contributed by atoms with Crippen LogP contribution in [-0.4, -0.2) is 394 Å². The molecule has 1 aromatic rings. The summed E-state index contributed by atoms with van der Waals surface area (Å²) < 4.78 is 86.9. The molecule has 23 rings (SSSR count). The molecule has 99 heavy (non-hydrogen) atoms. The van der Waals surface area contributed by atoms with Crippen LogP contribution in [0, 0.1) is 5.92 Å². The summed E-state index contributed by atoms with van der Waals surface area (Å²) in [5.74, 6) is -3.51. The minimum atomic E-state index is -2.35. The monoisotopic (exact) mass is 1430 g/mol. The van der Waals surface area contributed by atoms with Crippen LogP contribution in [0.5, 0.6) is 0 Å². The summed E-state index contributed by atoms with van der Waals surface area (Å²) in [5, 5.41) is 232. The molecule has 0 aliphatic carbocycles. The van der Waals surface area contributed by atoms with E-state index in [4.69, 9.17) is 75.9 Å². The van der Waals surface area contributed by atoms with Crippen molar-refractivity contribution in [2.75, 3.05) is 52.8 Å². The van der Waals surface area contributed by atoms with Gasteiger partial charge in [0.15, 0.2) is 49.9 Å². The van der Waals surface area contributed by atoms with Crippen LogP contribution in [0.1, 0.15) is 38.8 Å². The van der Waals surface area contributed by atoms with Crippen molar-refractivity contribution in [1.82, 2.24) is 5.32 Å². The molecule has 0 unspecified atom stereocenters. The van der Waals surface area contributed by atoms with E-state index in [0.29, 0.717) is 5.56 Å².